The highest BCUT2D eigenvalue weighted by atomic mass is 19.1. The largest absolute Gasteiger partial charge is 0.349 e. The molecule has 0 aliphatic carbocycles. The van der Waals surface area contributed by atoms with Crippen LogP contribution in [-0.4, -0.2) is 25.8 Å². The predicted molar refractivity (Wildman–Crippen MR) is 116 cm³/mol. The zero-order valence-electron chi connectivity index (χ0n) is 17.2. The highest BCUT2D eigenvalue weighted by molar-refractivity contribution is 5.76. The molecule has 1 N–H and O–H groups in total. The van der Waals surface area contributed by atoms with Crippen molar-refractivity contribution in [3.8, 4) is 11.1 Å². The molecule has 0 saturated heterocycles. The van der Waals surface area contributed by atoms with Crippen LogP contribution in [0.2, 0.25) is 0 Å². The van der Waals surface area contributed by atoms with E-state index in [-0.39, 0.29) is 18.3 Å². The number of carbonyl (C=O) groups excluding carboxylic acids is 1. The second kappa shape index (κ2) is 9.38. The molecule has 1 aromatic carbocycles. The van der Waals surface area contributed by atoms with E-state index in [2.05, 4.69) is 25.3 Å². The standard InChI is InChI=1S/C24H22FN5O/c1-16-12-18(8-10-21(16)25)19-13-27-22(28-14-19)15-29-23(31)6-2-5-20-9-7-17-4-3-11-26-24(17)30-20/h3-4,7-14H,2,5-6,15H2,1H3,(H,29,31). The SMILES string of the molecule is Cc1cc(-c2cnc(CNC(=O)CCCc3ccc4cccnc4n3)nc2)ccc1F. The molecule has 1 amide bonds. The minimum atomic E-state index is -0.239. The molecule has 0 aliphatic heterocycles. The fourth-order valence-electron chi connectivity index (χ4n) is 3.25. The monoisotopic (exact) mass is 415 g/mol. The van der Waals surface area contributed by atoms with E-state index in [0.717, 1.165) is 27.9 Å². The van der Waals surface area contributed by atoms with Gasteiger partial charge in [0.05, 0.1) is 6.54 Å². The van der Waals surface area contributed by atoms with Gasteiger partial charge in [0.25, 0.3) is 0 Å². The highest BCUT2D eigenvalue weighted by Gasteiger charge is 2.07. The Hall–Kier alpha value is -3.74. The third-order valence-electron chi connectivity index (χ3n) is 5.00. The number of halogens is 1. The van der Waals surface area contributed by atoms with Gasteiger partial charge in [-0.2, -0.15) is 0 Å². The van der Waals surface area contributed by atoms with Gasteiger partial charge in [-0.25, -0.2) is 24.3 Å². The Morgan fingerprint density at radius 2 is 1.87 bits per heavy atom. The van der Waals surface area contributed by atoms with Gasteiger partial charge in [0.15, 0.2) is 5.65 Å². The third kappa shape index (κ3) is 5.25. The molecule has 3 heterocycles. The lowest BCUT2D eigenvalue weighted by Gasteiger charge is -2.07. The van der Waals surface area contributed by atoms with Crippen LogP contribution in [0, 0.1) is 12.7 Å². The van der Waals surface area contributed by atoms with Crippen LogP contribution in [-0.2, 0) is 17.8 Å². The molecule has 0 spiro atoms. The minimum Gasteiger partial charge on any atom is -0.349 e. The molecular weight excluding hydrogens is 393 g/mol. The molecule has 0 saturated carbocycles. The second-order valence-electron chi connectivity index (χ2n) is 7.33. The Balaban J connectivity index is 1.25. The van der Waals surface area contributed by atoms with Gasteiger partial charge in [-0.1, -0.05) is 6.07 Å². The van der Waals surface area contributed by atoms with Crippen molar-refractivity contribution >= 4 is 16.9 Å². The maximum absolute atomic E-state index is 13.4. The number of aromatic nitrogens is 4. The normalized spacial score (nSPS) is 10.9. The van der Waals surface area contributed by atoms with Crippen molar-refractivity contribution in [1.82, 2.24) is 25.3 Å². The summed E-state index contributed by atoms with van der Waals surface area (Å²) in [6.07, 6.45) is 6.89. The molecule has 0 aliphatic rings. The number of hydrogen-bond acceptors (Lipinski definition) is 5. The van der Waals surface area contributed by atoms with Gasteiger partial charge in [0, 0.05) is 41.7 Å². The van der Waals surface area contributed by atoms with Crippen molar-refractivity contribution in [3.05, 3.63) is 84.0 Å². The number of aryl methyl sites for hydroxylation is 2. The third-order valence-corrected chi connectivity index (χ3v) is 5.00. The highest BCUT2D eigenvalue weighted by Crippen LogP contribution is 2.20. The maximum atomic E-state index is 13.4. The molecule has 0 radical (unpaired) electrons. The summed E-state index contributed by atoms with van der Waals surface area (Å²) in [6.45, 7) is 1.98. The Kier molecular flexibility index (Phi) is 6.21. The van der Waals surface area contributed by atoms with Gasteiger partial charge in [-0.15, -0.1) is 0 Å². The first-order valence-electron chi connectivity index (χ1n) is 10.1. The van der Waals surface area contributed by atoms with E-state index in [1.54, 1.807) is 37.6 Å². The van der Waals surface area contributed by atoms with E-state index < -0.39 is 0 Å². The number of hydrogen-bond donors (Lipinski definition) is 1. The van der Waals surface area contributed by atoms with Crippen LogP contribution in [0.4, 0.5) is 4.39 Å². The molecule has 0 fully saturated rings. The van der Waals surface area contributed by atoms with E-state index in [1.165, 1.54) is 6.07 Å². The number of amides is 1. The van der Waals surface area contributed by atoms with E-state index in [0.29, 0.717) is 30.7 Å². The number of nitrogens with one attached hydrogen (secondary N) is 1. The van der Waals surface area contributed by atoms with Crippen LogP contribution in [0.25, 0.3) is 22.2 Å². The summed E-state index contributed by atoms with van der Waals surface area (Å²) >= 11 is 0. The van der Waals surface area contributed by atoms with Gasteiger partial charge < -0.3 is 5.32 Å². The zero-order chi connectivity index (χ0) is 21.6. The van der Waals surface area contributed by atoms with E-state index in [4.69, 9.17) is 0 Å². The summed E-state index contributed by atoms with van der Waals surface area (Å²) in [7, 11) is 0. The molecular formula is C24H22FN5O. The van der Waals surface area contributed by atoms with E-state index in [1.807, 2.05) is 24.3 Å². The van der Waals surface area contributed by atoms with Crippen molar-refractivity contribution in [3.63, 3.8) is 0 Å². The summed E-state index contributed by atoms with van der Waals surface area (Å²) in [5.41, 5.74) is 3.88. The first-order chi connectivity index (χ1) is 15.1. The molecule has 6 nitrogen and oxygen atoms in total. The van der Waals surface area contributed by atoms with E-state index in [9.17, 15) is 9.18 Å². The average molecular weight is 415 g/mol. The molecule has 31 heavy (non-hydrogen) atoms. The van der Waals surface area contributed by atoms with Crippen molar-refractivity contribution in [2.45, 2.75) is 32.7 Å². The Bertz CT molecular complexity index is 1210. The Morgan fingerprint density at radius 1 is 1.03 bits per heavy atom. The predicted octanol–water partition coefficient (Wildman–Crippen LogP) is 4.17. The minimum absolute atomic E-state index is 0.0549. The number of fused-ring (bicyclic) bond motifs is 1. The Labute approximate surface area is 179 Å². The van der Waals surface area contributed by atoms with Gasteiger partial charge in [0.2, 0.25) is 5.91 Å². The number of rotatable bonds is 7. The van der Waals surface area contributed by atoms with Gasteiger partial charge in [0.1, 0.15) is 11.6 Å². The van der Waals surface area contributed by atoms with E-state index >= 15 is 0 Å². The topological polar surface area (TPSA) is 80.7 Å². The Morgan fingerprint density at radius 3 is 2.68 bits per heavy atom. The summed E-state index contributed by atoms with van der Waals surface area (Å²) in [5, 5.41) is 3.85. The van der Waals surface area contributed by atoms with Crippen LogP contribution in [0.15, 0.2) is 61.1 Å². The lowest BCUT2D eigenvalue weighted by atomic mass is 10.1. The number of pyridine rings is 2. The van der Waals surface area contributed by atoms with Crippen LogP contribution < -0.4 is 5.32 Å². The second-order valence-corrected chi connectivity index (χ2v) is 7.33. The number of nitrogens with zero attached hydrogens (tertiary/aromatic N) is 4. The molecule has 156 valence electrons. The van der Waals surface area contributed by atoms with Crippen LogP contribution in [0.1, 0.15) is 29.9 Å². The van der Waals surface area contributed by atoms with Crippen molar-refractivity contribution in [2.75, 3.05) is 0 Å². The smallest absolute Gasteiger partial charge is 0.220 e. The quantitative estimate of drug-likeness (QED) is 0.490. The zero-order valence-corrected chi connectivity index (χ0v) is 17.2. The molecule has 7 heteroatoms. The molecule has 0 bridgehead atoms. The summed E-state index contributed by atoms with van der Waals surface area (Å²) in [6, 6.07) is 12.7. The first-order valence-corrected chi connectivity index (χ1v) is 10.1. The van der Waals surface area contributed by atoms with Gasteiger partial charge in [-0.3, -0.25) is 4.79 Å². The summed E-state index contributed by atoms with van der Waals surface area (Å²) < 4.78 is 13.4. The maximum Gasteiger partial charge on any atom is 0.220 e. The van der Waals surface area contributed by atoms with Gasteiger partial charge >= 0.3 is 0 Å². The first kappa shape index (κ1) is 20.5. The van der Waals surface area contributed by atoms with Crippen LogP contribution in [0.5, 0.6) is 0 Å². The number of benzene rings is 1. The summed E-state index contributed by atoms with van der Waals surface area (Å²) in [4.78, 5) is 29.5. The fourth-order valence-corrected chi connectivity index (χ4v) is 3.25. The lowest BCUT2D eigenvalue weighted by molar-refractivity contribution is -0.121. The van der Waals surface area contributed by atoms with Crippen molar-refractivity contribution in [1.29, 1.82) is 0 Å². The van der Waals surface area contributed by atoms with Crippen molar-refractivity contribution in [2.24, 2.45) is 0 Å². The van der Waals surface area contributed by atoms with Crippen LogP contribution >= 0.6 is 0 Å². The van der Waals surface area contributed by atoms with Crippen molar-refractivity contribution < 1.29 is 9.18 Å². The molecule has 0 atom stereocenters. The fraction of sp³-hybridized carbons (Fsp3) is 0.208. The summed E-state index contributed by atoms with van der Waals surface area (Å²) in [5.74, 6) is 0.232. The number of carbonyl (C=O) groups is 1. The molecule has 4 aromatic rings. The van der Waals surface area contributed by atoms with Crippen LogP contribution in [0.3, 0.4) is 0 Å². The molecule has 3 aromatic heterocycles. The average Bonchev–Trinajstić information content (AvgIpc) is 2.80. The lowest BCUT2D eigenvalue weighted by Crippen LogP contribution is -2.23. The van der Waals surface area contributed by atoms with Gasteiger partial charge in [-0.05, 0) is 67.3 Å². The molecule has 0 unspecified atom stereocenters. The molecule has 4 rings (SSSR count).